The van der Waals surface area contributed by atoms with Crippen LogP contribution < -0.4 is 13.7 Å². The number of hydrogen-bond donors (Lipinski definition) is 0. The van der Waals surface area contributed by atoms with Crippen molar-refractivity contribution < 1.29 is 27.0 Å². The van der Waals surface area contributed by atoms with Crippen LogP contribution in [0.4, 0.5) is 0 Å². The fourth-order valence-corrected chi connectivity index (χ4v) is 23.8. The Bertz CT molecular complexity index is 8320. The highest BCUT2D eigenvalue weighted by Crippen LogP contribution is 2.61. The molecule has 2 atom stereocenters. The van der Waals surface area contributed by atoms with Crippen molar-refractivity contribution in [2.75, 3.05) is 0 Å². The van der Waals surface area contributed by atoms with Gasteiger partial charge in [0.05, 0.1) is 16.7 Å². The van der Waals surface area contributed by atoms with Gasteiger partial charge in [0.15, 0.2) is 35.3 Å². The number of furan rings is 3. The molecular formula is C119H91N6O3+3. The Hall–Kier alpha value is -15.1. The van der Waals surface area contributed by atoms with Gasteiger partial charge in [-0.05, 0) is 271 Å². The Labute approximate surface area is 743 Å². The van der Waals surface area contributed by atoms with Crippen molar-refractivity contribution in [3.8, 4) is 67.2 Å². The van der Waals surface area contributed by atoms with E-state index in [1.54, 1.807) is 18.6 Å². The predicted molar refractivity (Wildman–Crippen MR) is 513 cm³/mol. The average Bonchev–Trinajstić information content (AvgIpc) is 0.801. The first-order valence-electron chi connectivity index (χ1n) is 44.9. The van der Waals surface area contributed by atoms with E-state index in [9.17, 15) is 0 Å². The van der Waals surface area contributed by atoms with E-state index >= 15 is 0 Å². The van der Waals surface area contributed by atoms with Gasteiger partial charge in [-0.3, -0.25) is 0 Å². The number of aromatic nitrogens is 6. The molecule has 0 saturated carbocycles. The first-order chi connectivity index (χ1) is 62.5. The Kier molecular flexibility index (Phi) is 16.8. The van der Waals surface area contributed by atoms with E-state index in [2.05, 4.69) is 385 Å². The van der Waals surface area contributed by atoms with Crippen molar-refractivity contribution in [3.05, 3.63) is 461 Å². The van der Waals surface area contributed by atoms with Crippen LogP contribution in [-0.4, -0.2) is 15.0 Å². The fraction of sp³-hybridized carbons (Fsp3) is 0.143. The van der Waals surface area contributed by atoms with Crippen LogP contribution in [0.5, 0.6) is 0 Å². The molecule has 9 aliphatic carbocycles. The van der Waals surface area contributed by atoms with E-state index in [-0.39, 0.29) is 29.6 Å². The van der Waals surface area contributed by atoms with Gasteiger partial charge in [-0.1, -0.05) is 206 Å². The molecule has 0 amide bonds. The third-order valence-corrected chi connectivity index (χ3v) is 29.4. The van der Waals surface area contributed by atoms with Crippen molar-refractivity contribution in [2.24, 2.45) is 21.1 Å². The van der Waals surface area contributed by atoms with Crippen molar-refractivity contribution in [1.82, 2.24) is 15.0 Å². The molecule has 6 bridgehead atoms. The molecule has 0 saturated heterocycles. The van der Waals surface area contributed by atoms with Crippen LogP contribution in [0.15, 0.2) is 329 Å². The summed E-state index contributed by atoms with van der Waals surface area (Å²) in [5.74, 6) is 1.63. The zero-order chi connectivity index (χ0) is 86.1. The standard InChI is InChI=1S/2C40H31N2O.C39H29N2O/c1-22-15-16-30-31-14-9-17-41-40(31)43-39(30)36(22)34-20-32(24(3)21-42(34)4)25-18-23(2)35-33(19-25)37-26-10-5-7-12-28(26)38(35)29-13-8-6-11-27(29)37;1-22-11-13-29-32(18-22)38-28-9-6-5-8-27(28)37(29)33-20-26(19-24(3)35(33)38)25-15-17-42(4)34(21-25)36-23(2)12-14-30-31-10-7-16-41-40(31)43-39(30)36;1-22-14-16-30-31-13-8-18-40-39(31)42-38(30)35(22)34-20-32(23(2)21-41(34)3)24-15-17-29-33(19-24)37-27-11-6-4-9-25(27)36(29)26-10-5-7-12-28(26)37/h2*5-21,37-38H,1-4H3;4-21,36-37H,1-3H3/q3*+1. The number of hydrogen-bond acceptors (Lipinski definition) is 6. The zero-order valence-electron chi connectivity index (χ0n) is 73.4. The molecule has 612 valence electrons. The summed E-state index contributed by atoms with van der Waals surface area (Å²) in [7, 11) is 6.38. The van der Waals surface area contributed by atoms with Gasteiger partial charge in [0.1, 0.15) is 21.1 Å². The molecule has 0 N–H and O–H groups in total. The van der Waals surface area contributed by atoms with E-state index in [0.29, 0.717) is 23.1 Å². The van der Waals surface area contributed by atoms with E-state index in [1.807, 2.05) is 18.2 Å². The molecule has 9 aromatic heterocycles. The fourth-order valence-electron chi connectivity index (χ4n) is 23.8. The molecule has 9 aliphatic rings. The average molecular weight is 1650 g/mol. The minimum Gasteiger partial charge on any atom is -0.437 e. The van der Waals surface area contributed by atoms with Crippen LogP contribution >= 0.6 is 0 Å². The second-order valence-corrected chi connectivity index (χ2v) is 36.7. The van der Waals surface area contributed by atoms with E-state index in [0.717, 1.165) is 82.8 Å². The van der Waals surface area contributed by atoms with Crippen molar-refractivity contribution in [3.63, 3.8) is 0 Å². The van der Waals surface area contributed by atoms with Gasteiger partial charge < -0.3 is 13.3 Å². The lowest BCUT2D eigenvalue weighted by atomic mass is 9.60. The summed E-state index contributed by atoms with van der Waals surface area (Å²) in [6.07, 6.45) is 12.1. The first kappa shape index (κ1) is 75.5. The van der Waals surface area contributed by atoms with Crippen LogP contribution in [0, 0.1) is 55.4 Å². The van der Waals surface area contributed by atoms with Gasteiger partial charge in [0.2, 0.25) is 34.2 Å². The number of rotatable bonds is 6. The molecule has 9 heterocycles. The van der Waals surface area contributed by atoms with Crippen LogP contribution in [0.25, 0.3) is 133 Å². The monoisotopic (exact) mass is 1650 g/mol. The lowest BCUT2D eigenvalue weighted by Crippen LogP contribution is -2.31. The van der Waals surface area contributed by atoms with E-state index in [1.165, 1.54) is 178 Å². The number of fused-ring (bicyclic) bond motifs is 9. The molecule has 0 aliphatic heterocycles. The second kappa shape index (κ2) is 28.5. The summed E-state index contributed by atoms with van der Waals surface area (Å²) in [5, 5.41) is 6.45. The Morgan fingerprint density at radius 1 is 0.234 bits per heavy atom. The minimum atomic E-state index is 0.254. The van der Waals surface area contributed by atoms with Gasteiger partial charge in [0.25, 0.3) is 0 Å². The molecular weight excluding hydrogens is 1560 g/mol. The summed E-state index contributed by atoms with van der Waals surface area (Å²) in [4.78, 5) is 13.5. The largest absolute Gasteiger partial charge is 0.437 e. The predicted octanol–water partition coefficient (Wildman–Crippen LogP) is 26.8. The highest BCUT2D eigenvalue weighted by atomic mass is 16.3. The quantitative estimate of drug-likeness (QED) is 0.154. The molecule has 2 unspecified atom stereocenters. The minimum absolute atomic E-state index is 0.254. The van der Waals surface area contributed by atoms with E-state index in [4.69, 9.17) is 13.3 Å². The third kappa shape index (κ3) is 11.1. The summed E-state index contributed by atoms with van der Waals surface area (Å²) in [6, 6.07) is 104. The SMILES string of the molecule is Cc1c[n+](C)c(-c2c(C)ccc3c2oc2ncccc23)cc1-c1cc(C)c2c(c1)C1c3ccccc3C2c2ccccc21.Cc1c[n+](C)c(-c2c(C)ccc3c2oc2ncccc23)cc1-c1ccc2c(c1)C1c3ccccc3C2c2ccccc21.Cc1ccc2c(c1)C1c3ccccc3C2c2cc(-c3cc[n+](C)c(-c4c(C)ccc5c4oc4ncccc45)c3)cc(C)c21. The van der Waals surface area contributed by atoms with Crippen LogP contribution in [0.3, 0.4) is 0 Å². The molecule has 128 heavy (non-hydrogen) atoms. The maximum atomic E-state index is 6.42. The van der Waals surface area contributed by atoms with Gasteiger partial charge in [-0.25, -0.2) is 28.7 Å². The molecule has 0 fully saturated rings. The molecule has 12 aromatic carbocycles. The molecule has 30 rings (SSSR count). The summed E-state index contributed by atoms with van der Waals surface area (Å²) in [5.41, 5.74) is 55.3. The number of aryl methyl sites for hydroxylation is 11. The molecule has 0 radical (unpaired) electrons. The second-order valence-electron chi connectivity index (χ2n) is 36.7. The Balaban J connectivity index is 0.000000104. The Morgan fingerprint density at radius 2 is 0.570 bits per heavy atom. The van der Waals surface area contributed by atoms with Crippen molar-refractivity contribution >= 4 is 66.2 Å². The lowest BCUT2D eigenvalue weighted by molar-refractivity contribution is -0.660. The first-order valence-corrected chi connectivity index (χ1v) is 44.9. The maximum absolute atomic E-state index is 6.42. The summed E-state index contributed by atoms with van der Waals surface area (Å²) < 4.78 is 25.9. The lowest BCUT2D eigenvalue weighted by Gasteiger charge is -2.43. The summed E-state index contributed by atoms with van der Waals surface area (Å²) >= 11 is 0. The van der Waals surface area contributed by atoms with Crippen LogP contribution in [0.1, 0.15) is 180 Å². The normalized spacial score (nSPS) is 16.4. The maximum Gasteiger partial charge on any atom is 0.227 e. The molecule has 21 aromatic rings. The molecule has 0 spiro atoms. The smallest absolute Gasteiger partial charge is 0.227 e. The van der Waals surface area contributed by atoms with Crippen LogP contribution in [-0.2, 0) is 21.1 Å². The number of nitrogens with zero attached hydrogens (tertiary/aromatic N) is 6. The van der Waals surface area contributed by atoms with Crippen molar-refractivity contribution in [2.45, 2.75) is 90.9 Å². The van der Waals surface area contributed by atoms with Gasteiger partial charge in [-0.15, -0.1) is 0 Å². The van der Waals surface area contributed by atoms with Gasteiger partial charge >= 0.3 is 0 Å². The highest BCUT2D eigenvalue weighted by Gasteiger charge is 2.46. The molecule has 9 heteroatoms. The zero-order valence-corrected chi connectivity index (χ0v) is 73.4. The highest BCUT2D eigenvalue weighted by molar-refractivity contribution is 6.11. The third-order valence-electron chi connectivity index (χ3n) is 29.4. The van der Waals surface area contributed by atoms with E-state index < -0.39 is 0 Å². The van der Waals surface area contributed by atoms with Crippen molar-refractivity contribution in [1.29, 1.82) is 0 Å². The Morgan fingerprint density at radius 3 is 1.00 bits per heavy atom. The molecule has 9 nitrogen and oxygen atoms in total. The van der Waals surface area contributed by atoms with Crippen LogP contribution in [0.2, 0.25) is 0 Å². The topological polar surface area (TPSA) is 89.7 Å². The van der Waals surface area contributed by atoms with Gasteiger partial charge in [-0.2, -0.15) is 0 Å². The number of benzene rings is 12. The number of pyridine rings is 6. The van der Waals surface area contributed by atoms with Gasteiger partial charge in [0, 0.05) is 122 Å². The summed E-state index contributed by atoms with van der Waals surface area (Å²) in [6.45, 7) is 17.8.